The smallest absolute Gasteiger partial charge is 0.225 e. The van der Waals surface area contributed by atoms with Crippen molar-refractivity contribution in [2.45, 2.75) is 44.1 Å². The lowest BCUT2D eigenvalue weighted by Crippen LogP contribution is -2.59. The van der Waals surface area contributed by atoms with Gasteiger partial charge in [0.15, 0.2) is 11.4 Å². The number of aliphatic hydroxyl groups is 3. The lowest BCUT2D eigenvalue weighted by molar-refractivity contribution is -0.159. The van der Waals surface area contributed by atoms with Gasteiger partial charge in [-0.3, -0.25) is 19.2 Å². The Morgan fingerprint density at radius 3 is 2.49 bits per heavy atom. The fraction of sp³-hybridized carbons (Fsp3) is 0.333. The number of primary amides is 1. The summed E-state index contributed by atoms with van der Waals surface area (Å²) in [6, 6.07) is 3.11. The fourth-order valence-corrected chi connectivity index (χ4v) is 5.80. The number of phenolic OH excluding ortho intramolecular Hbond substituents is 1. The Bertz CT molecular complexity index is 1380. The summed E-state index contributed by atoms with van der Waals surface area (Å²) in [5.74, 6) is -5.61. The first-order chi connectivity index (χ1) is 18.6. The number of allylic oxidation sites excluding steroid dienone is 8. The Morgan fingerprint density at radius 1 is 1.10 bits per heavy atom. The minimum absolute atomic E-state index is 0.0267. The highest BCUT2D eigenvalue weighted by Crippen LogP contribution is 2.50. The van der Waals surface area contributed by atoms with Gasteiger partial charge in [-0.1, -0.05) is 42.5 Å². The average Bonchev–Trinajstić information content (AvgIpc) is 2.89. The summed E-state index contributed by atoms with van der Waals surface area (Å²) in [4.78, 5) is 49.5. The van der Waals surface area contributed by atoms with E-state index in [1.807, 2.05) is 30.4 Å². The standard InChI is InChI=1S/C30H31NO8/c31-25(36)15-24(35)30(39)20(11-12-32)13-19-14-22-21(9-10-23(34)27(22)28(37)26(19)29(30)38)18-6-4-2-1-3-5-17(16-33)7-8-18/h1-4,7-10,16,19-20,32,34,37,39H,5-6,11-15H2,(H2,31,36)/b3-1-,4-2-,17-7+,18-8+/t19?,20-,30-/m1/s1. The van der Waals surface area contributed by atoms with Gasteiger partial charge in [0.1, 0.15) is 17.8 Å². The van der Waals surface area contributed by atoms with Crippen molar-refractivity contribution in [1.82, 2.24) is 0 Å². The van der Waals surface area contributed by atoms with E-state index in [0.717, 1.165) is 11.9 Å². The second-order valence-electron chi connectivity index (χ2n) is 10.1. The molecule has 1 unspecified atom stereocenters. The first kappa shape index (κ1) is 27.9. The van der Waals surface area contributed by atoms with Crippen molar-refractivity contribution in [1.29, 1.82) is 0 Å². The third kappa shape index (κ3) is 5.15. The number of aliphatic hydroxyl groups excluding tert-OH is 2. The third-order valence-corrected chi connectivity index (χ3v) is 7.70. The maximum atomic E-state index is 13.7. The van der Waals surface area contributed by atoms with Crippen molar-refractivity contribution in [2.75, 3.05) is 6.61 Å². The number of benzene rings is 1. The summed E-state index contributed by atoms with van der Waals surface area (Å²) in [6.07, 6.45) is 12.1. The topological polar surface area (TPSA) is 175 Å². The zero-order valence-electron chi connectivity index (χ0n) is 21.3. The number of phenols is 1. The molecule has 9 nitrogen and oxygen atoms in total. The molecular weight excluding hydrogens is 502 g/mol. The predicted octanol–water partition coefficient (Wildman–Crippen LogP) is 2.40. The van der Waals surface area contributed by atoms with E-state index in [0.29, 0.717) is 29.5 Å². The molecule has 1 amide bonds. The Hall–Kier alpha value is -4.08. The van der Waals surface area contributed by atoms with Gasteiger partial charge in [0.25, 0.3) is 0 Å². The first-order valence-electron chi connectivity index (χ1n) is 12.8. The van der Waals surface area contributed by atoms with Crippen LogP contribution in [0.5, 0.6) is 5.75 Å². The van der Waals surface area contributed by atoms with Crippen LogP contribution in [0.25, 0.3) is 11.3 Å². The number of nitrogens with two attached hydrogens (primary N) is 1. The molecule has 3 aliphatic carbocycles. The van der Waals surface area contributed by atoms with E-state index in [1.54, 1.807) is 12.1 Å². The molecule has 3 aliphatic rings. The van der Waals surface area contributed by atoms with Gasteiger partial charge >= 0.3 is 0 Å². The Labute approximate surface area is 225 Å². The first-order valence-corrected chi connectivity index (χ1v) is 12.8. The third-order valence-electron chi connectivity index (χ3n) is 7.70. The minimum atomic E-state index is -2.64. The molecule has 39 heavy (non-hydrogen) atoms. The molecule has 3 atom stereocenters. The number of Topliss-reactive ketones (excluding diaryl/α,β-unsaturated/α-hetero) is 2. The van der Waals surface area contributed by atoms with Crippen molar-refractivity contribution in [3.8, 4) is 5.75 Å². The van der Waals surface area contributed by atoms with E-state index < -0.39 is 53.7 Å². The number of carbonyl (C=O) groups is 4. The van der Waals surface area contributed by atoms with E-state index in [2.05, 4.69) is 0 Å². The van der Waals surface area contributed by atoms with E-state index >= 15 is 0 Å². The summed E-state index contributed by atoms with van der Waals surface area (Å²) in [6.45, 7) is -0.413. The van der Waals surface area contributed by atoms with E-state index in [4.69, 9.17) is 5.73 Å². The van der Waals surface area contributed by atoms with E-state index in [1.165, 1.54) is 6.07 Å². The molecule has 0 radical (unpaired) electrons. The van der Waals surface area contributed by atoms with Gasteiger partial charge in [0, 0.05) is 18.1 Å². The summed E-state index contributed by atoms with van der Waals surface area (Å²) in [5, 5.41) is 43.1. The SMILES string of the molecule is NC(=O)CC(=O)[C@@]1(O)C(=O)C2=C(O)c3c(O)ccc(/C4=C/C=C(/C=O)C/C=C\C=C/C4)c3CC2C[C@H]1CCO. The number of aldehydes is 1. The highest BCUT2D eigenvalue weighted by Gasteiger charge is 2.57. The number of rotatable bonds is 7. The second-order valence-corrected chi connectivity index (χ2v) is 10.1. The molecule has 1 aromatic rings. The van der Waals surface area contributed by atoms with Gasteiger partial charge in [0.05, 0.1) is 12.0 Å². The van der Waals surface area contributed by atoms with E-state index in [-0.39, 0.29) is 36.1 Å². The predicted molar refractivity (Wildman–Crippen MR) is 143 cm³/mol. The van der Waals surface area contributed by atoms with Crippen LogP contribution < -0.4 is 5.73 Å². The number of hydrogen-bond acceptors (Lipinski definition) is 8. The molecule has 0 bridgehead atoms. The molecule has 0 saturated heterocycles. The molecule has 6 N–H and O–H groups in total. The molecule has 1 aromatic carbocycles. The zero-order valence-corrected chi connectivity index (χ0v) is 21.3. The van der Waals surface area contributed by atoms with Crippen LogP contribution in [-0.2, 0) is 25.6 Å². The number of hydrogen-bond donors (Lipinski definition) is 5. The largest absolute Gasteiger partial charge is 0.507 e. The lowest BCUT2D eigenvalue weighted by Gasteiger charge is -2.44. The molecule has 1 fully saturated rings. The summed E-state index contributed by atoms with van der Waals surface area (Å²) >= 11 is 0. The maximum absolute atomic E-state index is 13.7. The van der Waals surface area contributed by atoms with Gasteiger partial charge in [-0.15, -0.1) is 0 Å². The van der Waals surface area contributed by atoms with Crippen LogP contribution in [0.2, 0.25) is 0 Å². The molecule has 204 valence electrons. The number of aromatic hydroxyl groups is 1. The van der Waals surface area contributed by atoms with Gasteiger partial charge in [0.2, 0.25) is 11.7 Å². The number of fused-ring (bicyclic) bond motifs is 2. The summed E-state index contributed by atoms with van der Waals surface area (Å²) in [7, 11) is 0. The van der Waals surface area contributed by atoms with Gasteiger partial charge in [-0.2, -0.15) is 0 Å². The van der Waals surface area contributed by atoms with Crippen LogP contribution in [-0.4, -0.2) is 56.4 Å². The van der Waals surface area contributed by atoms with Gasteiger partial charge in [-0.25, -0.2) is 0 Å². The monoisotopic (exact) mass is 533 g/mol. The Kier molecular flexibility index (Phi) is 8.13. The van der Waals surface area contributed by atoms with E-state index in [9.17, 15) is 39.6 Å². The van der Waals surface area contributed by atoms with Crippen molar-refractivity contribution in [3.63, 3.8) is 0 Å². The van der Waals surface area contributed by atoms with Crippen molar-refractivity contribution in [2.24, 2.45) is 17.6 Å². The summed E-state index contributed by atoms with van der Waals surface area (Å²) < 4.78 is 0. The van der Waals surface area contributed by atoms with Crippen LogP contribution in [0.4, 0.5) is 0 Å². The Morgan fingerprint density at radius 2 is 1.82 bits per heavy atom. The van der Waals surface area contributed by atoms with Crippen LogP contribution in [0, 0.1) is 11.8 Å². The molecule has 0 heterocycles. The Balaban J connectivity index is 1.87. The quantitative estimate of drug-likeness (QED) is 0.262. The van der Waals surface area contributed by atoms with Crippen molar-refractivity contribution in [3.05, 3.63) is 76.4 Å². The van der Waals surface area contributed by atoms with Crippen molar-refractivity contribution < 1.29 is 39.6 Å². The molecule has 4 rings (SSSR count). The second kappa shape index (κ2) is 11.3. The van der Waals surface area contributed by atoms with Crippen molar-refractivity contribution >= 4 is 35.1 Å². The maximum Gasteiger partial charge on any atom is 0.225 e. The highest BCUT2D eigenvalue weighted by molar-refractivity contribution is 6.23. The molecule has 0 aromatic heterocycles. The summed E-state index contributed by atoms with van der Waals surface area (Å²) in [5.41, 5.74) is 5.01. The van der Waals surface area contributed by atoms with Gasteiger partial charge in [-0.05, 0) is 66.4 Å². The van der Waals surface area contributed by atoms with Crippen LogP contribution in [0.15, 0.2) is 59.7 Å². The lowest BCUT2D eigenvalue weighted by atomic mass is 9.60. The number of carbonyl (C=O) groups excluding carboxylic acids is 4. The zero-order chi connectivity index (χ0) is 28.3. The van der Waals surface area contributed by atoms with Crippen LogP contribution >= 0.6 is 0 Å². The average molecular weight is 534 g/mol. The van der Waals surface area contributed by atoms with Crippen LogP contribution in [0.3, 0.4) is 0 Å². The fourth-order valence-electron chi connectivity index (χ4n) is 5.80. The number of ketones is 2. The normalized spacial score (nSPS) is 29.1. The minimum Gasteiger partial charge on any atom is -0.507 e. The molecule has 0 aliphatic heterocycles. The van der Waals surface area contributed by atoms with Crippen LogP contribution in [0.1, 0.15) is 48.8 Å². The number of amides is 1. The molecule has 0 spiro atoms. The molecular formula is C30H31NO8. The van der Waals surface area contributed by atoms with Gasteiger partial charge < -0.3 is 26.2 Å². The molecule has 9 heteroatoms. The molecule has 1 saturated carbocycles. The highest BCUT2D eigenvalue weighted by atomic mass is 16.3.